The first-order valence-corrected chi connectivity index (χ1v) is 5.68. The molecule has 0 amide bonds. The van der Waals surface area contributed by atoms with Crippen LogP contribution >= 0.6 is 0 Å². The van der Waals surface area contributed by atoms with Gasteiger partial charge in [-0.3, -0.25) is 4.98 Å². The van der Waals surface area contributed by atoms with E-state index < -0.39 is 0 Å². The van der Waals surface area contributed by atoms with Crippen molar-refractivity contribution in [1.82, 2.24) is 9.97 Å². The number of methoxy groups -OCH3 is 1. The summed E-state index contributed by atoms with van der Waals surface area (Å²) in [6.45, 7) is 3.66. The van der Waals surface area contributed by atoms with Gasteiger partial charge in [0.05, 0.1) is 13.3 Å². The SMILES string of the molecule is COc1nc(C)c(-c2cncc(O)c2)c(C)c1C#N. The highest BCUT2D eigenvalue weighted by molar-refractivity contribution is 5.73. The molecule has 2 heterocycles. The van der Waals surface area contributed by atoms with E-state index >= 15 is 0 Å². The summed E-state index contributed by atoms with van der Waals surface area (Å²) in [5.41, 5.74) is 3.40. The number of hydrogen-bond donors (Lipinski definition) is 1. The lowest BCUT2D eigenvalue weighted by molar-refractivity contribution is 0.395. The summed E-state index contributed by atoms with van der Waals surface area (Å²) >= 11 is 0. The molecule has 5 nitrogen and oxygen atoms in total. The Morgan fingerprint density at radius 2 is 2.05 bits per heavy atom. The van der Waals surface area contributed by atoms with Gasteiger partial charge in [0.2, 0.25) is 5.88 Å². The maximum absolute atomic E-state index is 9.51. The third-order valence-corrected chi connectivity index (χ3v) is 2.91. The van der Waals surface area contributed by atoms with Gasteiger partial charge in [-0.1, -0.05) is 0 Å². The standard InChI is InChI=1S/C14H13N3O2/c1-8-12(5-15)14(19-3)17-9(2)13(8)10-4-11(18)7-16-6-10/h4,6-7,18H,1-3H3. The topological polar surface area (TPSA) is 79.0 Å². The third-order valence-electron chi connectivity index (χ3n) is 2.91. The van der Waals surface area contributed by atoms with E-state index in [0.717, 1.165) is 22.4 Å². The van der Waals surface area contributed by atoms with Gasteiger partial charge in [-0.05, 0) is 25.5 Å². The number of aryl methyl sites for hydroxylation is 1. The van der Waals surface area contributed by atoms with Crippen molar-refractivity contribution in [1.29, 1.82) is 5.26 Å². The zero-order valence-electron chi connectivity index (χ0n) is 10.9. The number of aromatic hydroxyl groups is 1. The number of nitrogens with zero attached hydrogens (tertiary/aromatic N) is 3. The third kappa shape index (κ3) is 2.20. The van der Waals surface area contributed by atoms with Gasteiger partial charge in [0, 0.05) is 23.0 Å². The van der Waals surface area contributed by atoms with Crippen LogP contribution in [0.5, 0.6) is 11.6 Å². The molecule has 5 heteroatoms. The lowest BCUT2D eigenvalue weighted by atomic mass is 9.97. The number of hydrogen-bond acceptors (Lipinski definition) is 5. The molecule has 0 aliphatic rings. The van der Waals surface area contributed by atoms with Gasteiger partial charge >= 0.3 is 0 Å². The minimum Gasteiger partial charge on any atom is -0.506 e. The van der Waals surface area contributed by atoms with Crippen LogP contribution in [0.1, 0.15) is 16.8 Å². The summed E-state index contributed by atoms with van der Waals surface area (Å²) in [5.74, 6) is 0.389. The number of pyridine rings is 2. The van der Waals surface area contributed by atoms with Crippen LogP contribution in [0.3, 0.4) is 0 Å². The van der Waals surface area contributed by atoms with Crippen molar-refractivity contribution < 1.29 is 9.84 Å². The smallest absolute Gasteiger partial charge is 0.231 e. The molecule has 0 radical (unpaired) electrons. The van der Waals surface area contributed by atoms with Crippen molar-refractivity contribution in [2.24, 2.45) is 0 Å². The summed E-state index contributed by atoms with van der Waals surface area (Å²) in [5, 5.41) is 18.7. The fraction of sp³-hybridized carbons (Fsp3) is 0.214. The highest BCUT2D eigenvalue weighted by Crippen LogP contribution is 2.32. The molecule has 0 spiro atoms. The first-order chi connectivity index (χ1) is 9.08. The average Bonchev–Trinajstić information content (AvgIpc) is 2.38. The molecule has 1 N–H and O–H groups in total. The molecule has 0 aliphatic heterocycles. The average molecular weight is 255 g/mol. The first-order valence-electron chi connectivity index (χ1n) is 5.68. The van der Waals surface area contributed by atoms with Crippen molar-refractivity contribution >= 4 is 0 Å². The molecule has 2 rings (SSSR count). The summed E-state index contributed by atoms with van der Waals surface area (Å²) < 4.78 is 5.11. The number of nitriles is 1. The second-order valence-corrected chi connectivity index (χ2v) is 4.13. The molecular formula is C14H13N3O2. The van der Waals surface area contributed by atoms with Crippen LogP contribution in [0.25, 0.3) is 11.1 Å². The molecule has 0 aliphatic carbocycles. The molecular weight excluding hydrogens is 242 g/mol. The fourth-order valence-electron chi connectivity index (χ4n) is 2.09. The second kappa shape index (κ2) is 4.94. The van der Waals surface area contributed by atoms with Crippen LogP contribution in [0.4, 0.5) is 0 Å². The number of ether oxygens (including phenoxy) is 1. The molecule has 0 aromatic carbocycles. The van der Waals surface area contributed by atoms with Crippen LogP contribution in [-0.2, 0) is 0 Å². The van der Waals surface area contributed by atoms with E-state index in [1.165, 1.54) is 13.3 Å². The lowest BCUT2D eigenvalue weighted by Crippen LogP contribution is -2.01. The normalized spacial score (nSPS) is 10.0. The minimum absolute atomic E-state index is 0.0747. The van der Waals surface area contributed by atoms with Crippen molar-refractivity contribution in [3.8, 4) is 28.8 Å². The monoisotopic (exact) mass is 255 g/mol. The van der Waals surface area contributed by atoms with Gasteiger partial charge in [-0.15, -0.1) is 0 Å². The largest absolute Gasteiger partial charge is 0.506 e. The predicted octanol–water partition coefficient (Wildman–Crippen LogP) is 2.35. The van der Waals surface area contributed by atoms with Gasteiger partial charge in [-0.2, -0.15) is 5.26 Å². The molecule has 0 saturated carbocycles. The Labute approximate surface area is 111 Å². The molecule has 0 bridgehead atoms. The van der Waals surface area contributed by atoms with Crippen molar-refractivity contribution in [2.45, 2.75) is 13.8 Å². The number of rotatable bonds is 2. The lowest BCUT2D eigenvalue weighted by Gasteiger charge is -2.13. The van der Waals surface area contributed by atoms with E-state index in [1.54, 1.807) is 12.3 Å². The molecule has 96 valence electrons. The Morgan fingerprint density at radius 1 is 1.32 bits per heavy atom. The Kier molecular flexibility index (Phi) is 3.34. The molecule has 0 atom stereocenters. The van der Waals surface area contributed by atoms with Crippen LogP contribution in [0, 0.1) is 25.2 Å². The molecule has 0 fully saturated rings. The zero-order chi connectivity index (χ0) is 14.0. The number of aromatic nitrogens is 2. The quantitative estimate of drug-likeness (QED) is 0.891. The molecule has 2 aromatic rings. The van der Waals surface area contributed by atoms with Crippen LogP contribution in [0.15, 0.2) is 18.5 Å². The Balaban J connectivity index is 2.75. The first kappa shape index (κ1) is 12.8. The Morgan fingerprint density at radius 3 is 2.63 bits per heavy atom. The summed E-state index contributed by atoms with van der Waals surface area (Å²) in [6, 6.07) is 3.69. The molecule has 0 saturated heterocycles. The highest BCUT2D eigenvalue weighted by atomic mass is 16.5. The maximum atomic E-state index is 9.51. The van der Waals surface area contributed by atoms with Gasteiger partial charge < -0.3 is 9.84 Å². The predicted molar refractivity (Wildman–Crippen MR) is 69.9 cm³/mol. The van der Waals surface area contributed by atoms with E-state index in [9.17, 15) is 10.4 Å². The van der Waals surface area contributed by atoms with Crippen LogP contribution < -0.4 is 4.74 Å². The van der Waals surface area contributed by atoms with Gasteiger partial charge in [-0.25, -0.2) is 4.98 Å². The fourth-order valence-corrected chi connectivity index (χ4v) is 2.09. The van der Waals surface area contributed by atoms with E-state index in [-0.39, 0.29) is 5.75 Å². The Hall–Kier alpha value is -2.61. The molecule has 2 aromatic heterocycles. The zero-order valence-corrected chi connectivity index (χ0v) is 10.9. The van der Waals surface area contributed by atoms with E-state index in [2.05, 4.69) is 16.0 Å². The van der Waals surface area contributed by atoms with Gasteiger partial charge in [0.15, 0.2) is 0 Å². The van der Waals surface area contributed by atoms with Gasteiger partial charge in [0.25, 0.3) is 0 Å². The maximum Gasteiger partial charge on any atom is 0.231 e. The van der Waals surface area contributed by atoms with E-state index in [1.807, 2.05) is 13.8 Å². The van der Waals surface area contributed by atoms with E-state index in [0.29, 0.717) is 11.4 Å². The van der Waals surface area contributed by atoms with Crippen LogP contribution in [-0.4, -0.2) is 22.2 Å². The Bertz CT molecular complexity index is 675. The van der Waals surface area contributed by atoms with Gasteiger partial charge in [0.1, 0.15) is 17.4 Å². The minimum atomic E-state index is 0.0747. The van der Waals surface area contributed by atoms with Crippen LogP contribution in [0.2, 0.25) is 0 Å². The molecule has 19 heavy (non-hydrogen) atoms. The van der Waals surface area contributed by atoms with Crippen molar-refractivity contribution in [3.05, 3.63) is 35.3 Å². The van der Waals surface area contributed by atoms with Crippen molar-refractivity contribution in [2.75, 3.05) is 7.11 Å². The van der Waals surface area contributed by atoms with Crippen molar-refractivity contribution in [3.63, 3.8) is 0 Å². The highest BCUT2D eigenvalue weighted by Gasteiger charge is 2.17. The summed E-state index contributed by atoms with van der Waals surface area (Å²) in [7, 11) is 1.48. The molecule has 0 unspecified atom stereocenters. The van der Waals surface area contributed by atoms with E-state index in [4.69, 9.17) is 4.74 Å². The summed E-state index contributed by atoms with van der Waals surface area (Å²) in [4.78, 5) is 8.22. The summed E-state index contributed by atoms with van der Waals surface area (Å²) in [6.07, 6.45) is 2.99. The second-order valence-electron chi connectivity index (χ2n) is 4.13.